The maximum Gasteiger partial charge on any atom is 0.248 e. The topological polar surface area (TPSA) is 128 Å². The predicted octanol–water partition coefficient (Wildman–Crippen LogP) is 3.05. The third-order valence-corrected chi connectivity index (χ3v) is 8.00. The largest absolute Gasteiger partial charge is 0.419 e. The molecular formula is C26H36N6O4S. The SMILES string of the molecule is COCCN(C[C@@H]1C[C@H]1C)c1cc(-c2nnc([C@](C)(N)Cc3ccccc3)o2)cc(N(C)S(C)(=O)=O)n1. The molecule has 0 saturated heterocycles. The van der Waals surface area contributed by atoms with E-state index in [-0.39, 0.29) is 11.7 Å². The Morgan fingerprint density at radius 2 is 1.86 bits per heavy atom. The third kappa shape index (κ3) is 6.65. The predicted molar refractivity (Wildman–Crippen MR) is 144 cm³/mol. The second kappa shape index (κ2) is 10.8. The van der Waals surface area contributed by atoms with Crippen LogP contribution in [-0.2, 0) is 26.7 Å². The molecule has 0 radical (unpaired) electrons. The fourth-order valence-electron chi connectivity index (χ4n) is 4.22. The Bertz CT molecular complexity index is 1310. The van der Waals surface area contributed by atoms with E-state index in [9.17, 15) is 8.42 Å². The van der Waals surface area contributed by atoms with E-state index >= 15 is 0 Å². The minimum Gasteiger partial charge on any atom is -0.419 e. The van der Waals surface area contributed by atoms with Crippen molar-refractivity contribution in [2.45, 2.75) is 32.2 Å². The van der Waals surface area contributed by atoms with Crippen molar-refractivity contribution < 1.29 is 17.6 Å². The number of nitrogens with zero attached hydrogens (tertiary/aromatic N) is 5. The van der Waals surface area contributed by atoms with Crippen LogP contribution in [0.5, 0.6) is 0 Å². The molecule has 0 unspecified atom stereocenters. The lowest BCUT2D eigenvalue weighted by Gasteiger charge is -2.26. The van der Waals surface area contributed by atoms with E-state index in [1.165, 1.54) is 7.05 Å². The number of methoxy groups -OCH3 is 1. The molecule has 0 spiro atoms. The monoisotopic (exact) mass is 528 g/mol. The zero-order valence-corrected chi connectivity index (χ0v) is 22.9. The van der Waals surface area contributed by atoms with Gasteiger partial charge in [-0.2, -0.15) is 0 Å². The van der Waals surface area contributed by atoms with Gasteiger partial charge < -0.3 is 19.8 Å². The summed E-state index contributed by atoms with van der Waals surface area (Å²) in [6.45, 7) is 6.01. The maximum absolute atomic E-state index is 12.4. The number of anilines is 2. The highest BCUT2D eigenvalue weighted by Crippen LogP contribution is 2.39. The molecular weight excluding hydrogens is 492 g/mol. The standard InChI is InChI=1S/C26H36N6O4S/c1-18-13-21(18)17-32(11-12-35-4)23-15-20(14-22(28-23)31(3)37(5,33)34)24-29-30-25(36-24)26(2,27)16-19-9-7-6-8-10-19/h6-10,14-15,18,21H,11-13,16-17,27H2,1-5H3/t18-,21+,26-/m1/s1. The number of nitrogens with two attached hydrogens (primary N) is 1. The molecule has 4 rings (SSSR count). The van der Waals surface area contributed by atoms with Crippen LogP contribution in [0.25, 0.3) is 11.5 Å². The molecule has 3 atom stereocenters. The maximum atomic E-state index is 12.4. The summed E-state index contributed by atoms with van der Waals surface area (Å²) in [4.78, 5) is 6.82. The van der Waals surface area contributed by atoms with Crippen molar-refractivity contribution in [3.63, 3.8) is 0 Å². The van der Waals surface area contributed by atoms with E-state index in [1.54, 1.807) is 13.2 Å². The van der Waals surface area contributed by atoms with Crippen molar-refractivity contribution in [2.75, 3.05) is 49.3 Å². The van der Waals surface area contributed by atoms with Gasteiger partial charge >= 0.3 is 0 Å². The fourth-order valence-corrected chi connectivity index (χ4v) is 4.66. The summed E-state index contributed by atoms with van der Waals surface area (Å²) in [6.07, 6.45) is 2.82. The Kier molecular flexibility index (Phi) is 7.86. The van der Waals surface area contributed by atoms with E-state index in [2.05, 4.69) is 22.0 Å². The van der Waals surface area contributed by atoms with Crippen LogP contribution >= 0.6 is 0 Å². The molecule has 1 aliphatic carbocycles. The van der Waals surface area contributed by atoms with Crippen LogP contribution in [0.1, 0.15) is 31.7 Å². The van der Waals surface area contributed by atoms with Crippen LogP contribution in [0.2, 0.25) is 0 Å². The second-order valence-corrected chi connectivity index (χ2v) is 12.2. The molecule has 0 bridgehead atoms. The Morgan fingerprint density at radius 3 is 2.49 bits per heavy atom. The number of aromatic nitrogens is 3. The molecule has 3 aromatic rings. The number of pyridine rings is 1. The van der Waals surface area contributed by atoms with E-state index < -0.39 is 15.6 Å². The zero-order chi connectivity index (χ0) is 26.8. The van der Waals surface area contributed by atoms with Crippen molar-refractivity contribution in [3.05, 3.63) is 53.9 Å². The van der Waals surface area contributed by atoms with Gasteiger partial charge in [-0.15, -0.1) is 10.2 Å². The van der Waals surface area contributed by atoms with Crippen molar-refractivity contribution >= 4 is 21.7 Å². The molecule has 2 aromatic heterocycles. The number of hydrogen-bond donors (Lipinski definition) is 1. The number of hydrogen-bond acceptors (Lipinski definition) is 9. The fraction of sp³-hybridized carbons (Fsp3) is 0.500. The number of rotatable bonds is 12. The zero-order valence-electron chi connectivity index (χ0n) is 22.1. The molecule has 1 saturated carbocycles. The summed E-state index contributed by atoms with van der Waals surface area (Å²) < 4.78 is 37.3. The molecule has 11 heteroatoms. The summed E-state index contributed by atoms with van der Waals surface area (Å²) in [5.74, 6) is 2.64. The van der Waals surface area contributed by atoms with Gasteiger partial charge in [0.2, 0.25) is 21.8 Å². The lowest BCUT2D eigenvalue weighted by atomic mass is 9.94. The van der Waals surface area contributed by atoms with Crippen LogP contribution in [0.3, 0.4) is 0 Å². The molecule has 200 valence electrons. The van der Waals surface area contributed by atoms with Crippen LogP contribution in [0.4, 0.5) is 11.6 Å². The van der Waals surface area contributed by atoms with Gasteiger partial charge in [-0.3, -0.25) is 4.31 Å². The molecule has 2 N–H and O–H groups in total. The third-order valence-electron chi connectivity index (χ3n) is 6.81. The highest BCUT2D eigenvalue weighted by atomic mass is 32.2. The molecule has 1 fully saturated rings. The Hall–Kier alpha value is -3.02. The molecule has 0 aliphatic heterocycles. The molecule has 37 heavy (non-hydrogen) atoms. The molecule has 0 amide bonds. The Labute approximate surface area is 218 Å². The number of sulfonamides is 1. The van der Waals surface area contributed by atoms with Crippen molar-refractivity contribution in [2.24, 2.45) is 17.6 Å². The van der Waals surface area contributed by atoms with Crippen LogP contribution in [-0.4, -0.2) is 63.7 Å². The van der Waals surface area contributed by atoms with Gasteiger partial charge in [0, 0.05) is 32.8 Å². The first kappa shape index (κ1) is 27.0. The van der Waals surface area contributed by atoms with E-state index in [1.807, 2.05) is 43.3 Å². The molecule has 10 nitrogen and oxygen atoms in total. The van der Waals surface area contributed by atoms with Gasteiger partial charge in [-0.25, -0.2) is 13.4 Å². The first-order valence-corrected chi connectivity index (χ1v) is 14.2. The van der Waals surface area contributed by atoms with Crippen molar-refractivity contribution in [1.82, 2.24) is 15.2 Å². The van der Waals surface area contributed by atoms with E-state index in [4.69, 9.17) is 19.9 Å². The average molecular weight is 529 g/mol. The van der Waals surface area contributed by atoms with Gasteiger partial charge in [0.1, 0.15) is 11.6 Å². The summed E-state index contributed by atoms with van der Waals surface area (Å²) in [5.41, 5.74) is 7.32. The molecule has 1 aliphatic rings. The lowest BCUT2D eigenvalue weighted by molar-refractivity contribution is 0.204. The molecule has 2 heterocycles. The minimum absolute atomic E-state index is 0.248. The van der Waals surface area contributed by atoms with Gasteiger partial charge in [-0.05, 0) is 49.3 Å². The highest BCUT2D eigenvalue weighted by Gasteiger charge is 2.35. The smallest absolute Gasteiger partial charge is 0.248 e. The van der Waals surface area contributed by atoms with Crippen LogP contribution in [0.15, 0.2) is 46.9 Å². The van der Waals surface area contributed by atoms with Crippen molar-refractivity contribution in [1.29, 1.82) is 0 Å². The number of ether oxygens (including phenoxy) is 1. The van der Waals surface area contributed by atoms with Gasteiger partial charge in [0.15, 0.2) is 0 Å². The Balaban J connectivity index is 1.71. The quantitative estimate of drug-likeness (QED) is 0.377. The highest BCUT2D eigenvalue weighted by molar-refractivity contribution is 7.92. The first-order chi connectivity index (χ1) is 17.5. The van der Waals surface area contributed by atoms with Gasteiger partial charge in [0.25, 0.3) is 0 Å². The first-order valence-electron chi connectivity index (χ1n) is 12.3. The van der Waals surface area contributed by atoms with Gasteiger partial charge in [-0.1, -0.05) is 37.3 Å². The average Bonchev–Trinajstić information content (AvgIpc) is 3.31. The van der Waals surface area contributed by atoms with E-state index in [0.717, 1.165) is 29.1 Å². The lowest BCUT2D eigenvalue weighted by Crippen LogP contribution is -2.35. The van der Waals surface area contributed by atoms with Gasteiger partial charge in [0.05, 0.1) is 18.4 Å². The summed E-state index contributed by atoms with van der Waals surface area (Å²) in [5, 5.41) is 8.52. The van der Waals surface area contributed by atoms with Crippen LogP contribution < -0.4 is 14.9 Å². The summed E-state index contributed by atoms with van der Waals surface area (Å²) >= 11 is 0. The summed E-state index contributed by atoms with van der Waals surface area (Å²) in [6, 6.07) is 13.4. The van der Waals surface area contributed by atoms with Crippen molar-refractivity contribution in [3.8, 4) is 11.5 Å². The number of benzene rings is 1. The minimum atomic E-state index is -3.55. The molecule has 1 aromatic carbocycles. The van der Waals surface area contributed by atoms with Crippen LogP contribution in [0, 0.1) is 11.8 Å². The second-order valence-electron chi connectivity index (χ2n) is 10.2. The van der Waals surface area contributed by atoms with E-state index in [0.29, 0.717) is 48.7 Å². The normalized spacial score (nSPS) is 18.9. The Morgan fingerprint density at radius 1 is 1.19 bits per heavy atom. The summed E-state index contributed by atoms with van der Waals surface area (Å²) in [7, 11) is -0.413.